The van der Waals surface area contributed by atoms with Crippen LogP contribution in [0.25, 0.3) is 0 Å². The van der Waals surface area contributed by atoms with Gasteiger partial charge in [0.2, 0.25) is 11.8 Å². The van der Waals surface area contributed by atoms with E-state index in [0.29, 0.717) is 0 Å². The van der Waals surface area contributed by atoms with Crippen molar-refractivity contribution >= 4 is 23.9 Å². The Labute approximate surface area is 194 Å². The van der Waals surface area contributed by atoms with Crippen molar-refractivity contribution in [2.24, 2.45) is 0 Å². The summed E-state index contributed by atoms with van der Waals surface area (Å²) in [5, 5.41) is 4.82. The molecule has 1 aromatic rings. The van der Waals surface area contributed by atoms with Crippen LogP contribution in [0.3, 0.4) is 0 Å². The van der Waals surface area contributed by atoms with Gasteiger partial charge in [-0.3, -0.25) is 14.4 Å². The van der Waals surface area contributed by atoms with Gasteiger partial charge < -0.3 is 20.1 Å². The smallest absolute Gasteiger partial charge is 0.408 e. The molecule has 0 aromatic heterocycles. The van der Waals surface area contributed by atoms with Crippen LogP contribution in [0.4, 0.5) is 4.79 Å². The summed E-state index contributed by atoms with van der Waals surface area (Å²) in [6.07, 6.45) is -1.32. The molecule has 10 nitrogen and oxygen atoms in total. The standard InChI is InChI=1S/C23H35N3O7/c1-15(20(29)31-14-16-11-9-8-10-12-16)24-19(28)17(25-21(30)32-22(2,3)4)13-18(27)26-33-23(5,6)7/h8-12,15,17H,13-14H2,1-7H3,(H,24,28)(H,25,30)(H,26,27)/t15-,17-/m0/s1. The Bertz CT molecular complexity index is 814. The van der Waals surface area contributed by atoms with E-state index in [9.17, 15) is 19.2 Å². The van der Waals surface area contributed by atoms with E-state index in [-0.39, 0.29) is 6.61 Å². The minimum atomic E-state index is -1.31. The second-order valence-electron chi connectivity index (χ2n) is 9.47. The summed E-state index contributed by atoms with van der Waals surface area (Å²) >= 11 is 0. The molecule has 0 aliphatic heterocycles. The summed E-state index contributed by atoms with van der Waals surface area (Å²) in [6.45, 7) is 11.7. The predicted octanol–water partition coefficient (Wildman–Crippen LogP) is 2.36. The van der Waals surface area contributed by atoms with Gasteiger partial charge in [-0.15, -0.1) is 0 Å². The van der Waals surface area contributed by atoms with Gasteiger partial charge in [-0.05, 0) is 54.0 Å². The molecular weight excluding hydrogens is 430 g/mol. The summed E-state index contributed by atoms with van der Waals surface area (Å²) in [5.41, 5.74) is 1.58. The van der Waals surface area contributed by atoms with Crippen LogP contribution < -0.4 is 16.1 Å². The van der Waals surface area contributed by atoms with E-state index in [1.54, 1.807) is 53.7 Å². The van der Waals surface area contributed by atoms with Crippen molar-refractivity contribution < 1.29 is 33.5 Å². The molecule has 1 aromatic carbocycles. The van der Waals surface area contributed by atoms with Gasteiger partial charge in [0.25, 0.3) is 0 Å². The van der Waals surface area contributed by atoms with Gasteiger partial charge in [-0.1, -0.05) is 30.3 Å². The average Bonchev–Trinajstić information content (AvgIpc) is 2.68. The van der Waals surface area contributed by atoms with Gasteiger partial charge >= 0.3 is 12.1 Å². The van der Waals surface area contributed by atoms with Crippen LogP contribution in [0.5, 0.6) is 0 Å². The van der Waals surface area contributed by atoms with Crippen molar-refractivity contribution in [2.75, 3.05) is 0 Å². The monoisotopic (exact) mass is 465 g/mol. The van der Waals surface area contributed by atoms with Crippen LogP contribution in [-0.2, 0) is 35.3 Å². The second-order valence-corrected chi connectivity index (χ2v) is 9.47. The minimum absolute atomic E-state index is 0.0476. The second kappa shape index (κ2) is 12.2. The molecule has 1 rings (SSSR count). The summed E-state index contributed by atoms with van der Waals surface area (Å²) in [4.78, 5) is 54.7. The lowest BCUT2D eigenvalue weighted by atomic mass is 10.1. The van der Waals surface area contributed by atoms with Crippen molar-refractivity contribution in [2.45, 2.75) is 84.8 Å². The molecule has 3 amide bonds. The van der Waals surface area contributed by atoms with E-state index < -0.39 is 53.6 Å². The van der Waals surface area contributed by atoms with E-state index in [1.165, 1.54) is 6.92 Å². The maximum absolute atomic E-state index is 12.8. The zero-order valence-electron chi connectivity index (χ0n) is 20.3. The molecule has 2 atom stereocenters. The quantitative estimate of drug-likeness (QED) is 0.377. The fourth-order valence-corrected chi connectivity index (χ4v) is 2.32. The summed E-state index contributed by atoms with van der Waals surface area (Å²) in [5.74, 6) is -2.06. The molecule has 10 heteroatoms. The first-order valence-electron chi connectivity index (χ1n) is 10.6. The summed E-state index contributed by atoms with van der Waals surface area (Å²) in [6, 6.07) is 6.75. The Balaban J connectivity index is 2.76. The van der Waals surface area contributed by atoms with Gasteiger partial charge in [-0.2, -0.15) is 0 Å². The Kier molecular flexibility index (Phi) is 10.3. The van der Waals surface area contributed by atoms with E-state index in [1.807, 2.05) is 18.2 Å². The predicted molar refractivity (Wildman–Crippen MR) is 121 cm³/mol. The van der Waals surface area contributed by atoms with Crippen LogP contribution in [0, 0.1) is 0 Å². The highest BCUT2D eigenvalue weighted by atomic mass is 16.7. The first kappa shape index (κ1) is 27.9. The third-order valence-corrected chi connectivity index (χ3v) is 3.80. The molecule has 0 heterocycles. The molecule has 0 fully saturated rings. The normalized spacial score (nSPS) is 13.3. The number of esters is 1. The van der Waals surface area contributed by atoms with Crippen LogP contribution >= 0.6 is 0 Å². The number of hydrogen-bond donors (Lipinski definition) is 3. The third kappa shape index (κ3) is 12.5. The molecule has 0 unspecified atom stereocenters. The number of nitrogens with one attached hydrogen (secondary N) is 3. The number of rotatable bonds is 9. The number of carbonyl (C=O) groups is 4. The molecule has 0 aliphatic carbocycles. The van der Waals surface area contributed by atoms with Crippen LogP contribution in [0.1, 0.15) is 60.5 Å². The van der Waals surface area contributed by atoms with E-state index in [0.717, 1.165) is 5.56 Å². The minimum Gasteiger partial charge on any atom is -0.459 e. The highest BCUT2D eigenvalue weighted by molar-refractivity contribution is 5.93. The molecule has 184 valence electrons. The Hall–Kier alpha value is -3.14. The number of hydroxylamine groups is 1. The largest absolute Gasteiger partial charge is 0.459 e. The Morgan fingerprint density at radius 2 is 1.52 bits per heavy atom. The summed E-state index contributed by atoms with van der Waals surface area (Å²) in [7, 11) is 0. The Morgan fingerprint density at radius 3 is 2.06 bits per heavy atom. The average molecular weight is 466 g/mol. The van der Waals surface area contributed by atoms with E-state index in [2.05, 4.69) is 16.1 Å². The first-order valence-corrected chi connectivity index (χ1v) is 10.6. The molecular formula is C23H35N3O7. The van der Waals surface area contributed by atoms with Gasteiger partial charge in [0.05, 0.1) is 12.0 Å². The van der Waals surface area contributed by atoms with E-state index in [4.69, 9.17) is 14.3 Å². The van der Waals surface area contributed by atoms with Gasteiger partial charge in [-0.25, -0.2) is 15.1 Å². The molecule has 0 radical (unpaired) electrons. The molecule has 3 N–H and O–H groups in total. The van der Waals surface area contributed by atoms with E-state index >= 15 is 0 Å². The maximum atomic E-state index is 12.8. The highest BCUT2D eigenvalue weighted by Crippen LogP contribution is 2.09. The third-order valence-electron chi connectivity index (χ3n) is 3.80. The van der Waals surface area contributed by atoms with Crippen LogP contribution in [0.2, 0.25) is 0 Å². The molecule has 0 spiro atoms. The molecule has 0 saturated carbocycles. The Morgan fingerprint density at radius 1 is 0.909 bits per heavy atom. The topological polar surface area (TPSA) is 132 Å². The van der Waals surface area contributed by atoms with Gasteiger partial charge in [0.1, 0.15) is 24.3 Å². The van der Waals surface area contributed by atoms with Crippen LogP contribution in [0.15, 0.2) is 30.3 Å². The maximum Gasteiger partial charge on any atom is 0.408 e. The van der Waals surface area contributed by atoms with Crippen LogP contribution in [-0.4, -0.2) is 47.2 Å². The molecule has 0 saturated heterocycles. The number of benzene rings is 1. The van der Waals surface area contributed by atoms with Crippen molar-refractivity contribution in [3.63, 3.8) is 0 Å². The number of carbonyl (C=O) groups excluding carboxylic acids is 4. The molecule has 0 aliphatic rings. The van der Waals surface area contributed by atoms with Crippen molar-refractivity contribution in [3.8, 4) is 0 Å². The highest BCUT2D eigenvalue weighted by Gasteiger charge is 2.29. The van der Waals surface area contributed by atoms with Gasteiger partial charge in [0, 0.05) is 0 Å². The van der Waals surface area contributed by atoms with Gasteiger partial charge in [0.15, 0.2) is 0 Å². The number of hydrogen-bond acceptors (Lipinski definition) is 7. The lowest BCUT2D eigenvalue weighted by Crippen LogP contribution is -2.53. The number of ether oxygens (including phenoxy) is 2. The summed E-state index contributed by atoms with van der Waals surface area (Å²) < 4.78 is 10.4. The lowest BCUT2D eigenvalue weighted by molar-refractivity contribution is -0.149. The molecule has 33 heavy (non-hydrogen) atoms. The zero-order valence-corrected chi connectivity index (χ0v) is 20.3. The van der Waals surface area contributed by atoms with Crippen molar-refractivity contribution in [3.05, 3.63) is 35.9 Å². The van der Waals surface area contributed by atoms with Crippen molar-refractivity contribution in [1.29, 1.82) is 0 Å². The number of alkyl carbamates (subject to hydrolysis) is 1. The fraction of sp³-hybridized carbons (Fsp3) is 0.565. The SMILES string of the molecule is C[C@H](NC(=O)[C@H](CC(=O)NOC(C)(C)C)NC(=O)OC(C)(C)C)C(=O)OCc1ccccc1. The van der Waals surface area contributed by atoms with Crippen molar-refractivity contribution in [1.82, 2.24) is 16.1 Å². The molecule has 0 bridgehead atoms. The lowest BCUT2D eigenvalue weighted by Gasteiger charge is -2.24. The fourth-order valence-electron chi connectivity index (χ4n) is 2.32. The number of amides is 3. The first-order chi connectivity index (χ1) is 15.2. The zero-order chi connectivity index (χ0) is 25.2.